The van der Waals surface area contributed by atoms with Crippen molar-refractivity contribution in [1.29, 1.82) is 0 Å². The Balaban J connectivity index is 4.42. The number of ether oxygens (including phenoxy) is 3. The highest BCUT2D eigenvalue weighted by Crippen LogP contribution is 2.15. The second-order valence-electron chi connectivity index (χ2n) is 19.6. The van der Waals surface area contributed by atoms with Crippen LogP contribution in [0, 0.1) is 0 Å². The van der Waals surface area contributed by atoms with E-state index in [4.69, 9.17) is 14.2 Å². The van der Waals surface area contributed by atoms with Crippen molar-refractivity contribution in [2.75, 3.05) is 13.2 Å². The third-order valence-electron chi connectivity index (χ3n) is 12.8. The zero-order chi connectivity index (χ0) is 49.3. The van der Waals surface area contributed by atoms with E-state index in [9.17, 15) is 14.4 Å². The van der Waals surface area contributed by atoms with E-state index >= 15 is 0 Å². The van der Waals surface area contributed by atoms with Gasteiger partial charge in [-0.15, -0.1) is 0 Å². The Labute approximate surface area is 421 Å². The van der Waals surface area contributed by atoms with Gasteiger partial charge in [0.2, 0.25) is 0 Å². The molecule has 0 N–H and O–H groups in total. The van der Waals surface area contributed by atoms with Crippen molar-refractivity contribution in [2.24, 2.45) is 0 Å². The summed E-state index contributed by atoms with van der Waals surface area (Å²) in [6.07, 6.45) is 70.8. The molecule has 0 rings (SSSR count). The lowest BCUT2D eigenvalue weighted by Gasteiger charge is -2.18. The fourth-order valence-electron chi connectivity index (χ4n) is 8.31. The largest absolute Gasteiger partial charge is 0.462 e. The standard InChI is InChI=1S/C62H110O6/c1-4-7-10-13-16-19-22-25-27-29-31-33-34-37-40-43-46-49-52-55-61(64)67-58-59(57-66-60(63)54-51-48-45-42-39-36-24-21-18-15-12-9-6-3)68-62(65)56-53-50-47-44-41-38-35-32-30-28-26-23-20-17-14-11-8-5-2/h28-32,35-36,39,45,48,59H,4-27,33-34,37-38,40-44,46-47,49-58H2,1-3H3/b30-28+,31-29+,35-32+,39-36+,48-45+. The molecule has 0 aromatic rings. The summed E-state index contributed by atoms with van der Waals surface area (Å²) in [5.41, 5.74) is 0. The second kappa shape index (κ2) is 56.7. The molecule has 0 saturated carbocycles. The summed E-state index contributed by atoms with van der Waals surface area (Å²) in [6.45, 7) is 6.58. The second-order valence-corrected chi connectivity index (χ2v) is 19.6. The van der Waals surface area contributed by atoms with Crippen molar-refractivity contribution in [3.63, 3.8) is 0 Å². The highest BCUT2D eigenvalue weighted by Gasteiger charge is 2.19. The first-order valence-corrected chi connectivity index (χ1v) is 29.3. The minimum absolute atomic E-state index is 0.0990. The van der Waals surface area contributed by atoms with Crippen molar-refractivity contribution in [1.82, 2.24) is 0 Å². The summed E-state index contributed by atoms with van der Waals surface area (Å²) >= 11 is 0. The Bertz CT molecular complexity index is 1230. The number of carbonyl (C=O) groups is 3. The molecule has 0 bridgehead atoms. The maximum atomic E-state index is 12.8. The molecule has 0 heterocycles. The van der Waals surface area contributed by atoms with Crippen LogP contribution < -0.4 is 0 Å². The van der Waals surface area contributed by atoms with E-state index in [0.29, 0.717) is 19.3 Å². The van der Waals surface area contributed by atoms with E-state index in [-0.39, 0.29) is 37.5 Å². The molecule has 0 radical (unpaired) electrons. The van der Waals surface area contributed by atoms with E-state index in [0.717, 1.165) is 70.6 Å². The van der Waals surface area contributed by atoms with Crippen molar-refractivity contribution in [3.05, 3.63) is 60.8 Å². The van der Waals surface area contributed by atoms with Crippen molar-refractivity contribution in [3.8, 4) is 0 Å². The predicted molar refractivity (Wildman–Crippen MR) is 293 cm³/mol. The van der Waals surface area contributed by atoms with Gasteiger partial charge in [-0.1, -0.05) is 248 Å². The van der Waals surface area contributed by atoms with E-state index in [1.807, 2.05) is 6.08 Å². The molecule has 1 atom stereocenters. The van der Waals surface area contributed by atoms with Crippen molar-refractivity contribution < 1.29 is 28.6 Å². The Morgan fingerprint density at radius 2 is 0.603 bits per heavy atom. The molecule has 0 fully saturated rings. The van der Waals surface area contributed by atoms with Gasteiger partial charge in [0.15, 0.2) is 6.10 Å². The van der Waals surface area contributed by atoms with Gasteiger partial charge in [0.05, 0.1) is 0 Å². The highest BCUT2D eigenvalue weighted by atomic mass is 16.6. The number of allylic oxidation sites excluding steroid dienone is 10. The highest BCUT2D eigenvalue weighted by molar-refractivity contribution is 5.71. The Morgan fingerprint density at radius 3 is 1.00 bits per heavy atom. The van der Waals surface area contributed by atoms with Gasteiger partial charge < -0.3 is 14.2 Å². The van der Waals surface area contributed by atoms with Crippen LogP contribution in [-0.2, 0) is 28.6 Å². The first kappa shape index (κ1) is 65.1. The molecule has 0 saturated heterocycles. The van der Waals surface area contributed by atoms with Crippen LogP contribution in [0.4, 0.5) is 0 Å². The van der Waals surface area contributed by atoms with Crippen molar-refractivity contribution >= 4 is 17.9 Å². The van der Waals surface area contributed by atoms with Gasteiger partial charge in [-0.25, -0.2) is 0 Å². The average molecular weight is 952 g/mol. The van der Waals surface area contributed by atoms with E-state index in [2.05, 4.69) is 75.5 Å². The number of carbonyl (C=O) groups excluding carboxylic acids is 3. The van der Waals surface area contributed by atoms with Crippen LogP contribution in [-0.4, -0.2) is 37.2 Å². The molecule has 0 aliphatic carbocycles. The van der Waals surface area contributed by atoms with Gasteiger partial charge in [0.25, 0.3) is 0 Å². The summed E-state index contributed by atoms with van der Waals surface area (Å²) in [5.74, 6) is -0.979. The number of esters is 3. The molecule has 6 heteroatoms. The fraction of sp³-hybridized carbons (Fsp3) is 0.790. The molecular formula is C62H110O6. The van der Waals surface area contributed by atoms with Gasteiger partial charge in [0, 0.05) is 19.3 Å². The molecule has 68 heavy (non-hydrogen) atoms. The third-order valence-corrected chi connectivity index (χ3v) is 12.8. The summed E-state index contributed by atoms with van der Waals surface area (Å²) in [6, 6.07) is 0. The van der Waals surface area contributed by atoms with Crippen LogP contribution in [0.25, 0.3) is 0 Å². The monoisotopic (exact) mass is 951 g/mol. The Morgan fingerprint density at radius 1 is 0.309 bits per heavy atom. The average Bonchev–Trinajstić information content (AvgIpc) is 3.34. The molecule has 6 nitrogen and oxygen atoms in total. The summed E-state index contributed by atoms with van der Waals surface area (Å²) in [7, 11) is 0. The van der Waals surface area contributed by atoms with E-state index in [1.54, 1.807) is 0 Å². The number of hydrogen-bond acceptors (Lipinski definition) is 6. The maximum absolute atomic E-state index is 12.8. The quantitative estimate of drug-likeness (QED) is 0.0199. The maximum Gasteiger partial charge on any atom is 0.306 e. The van der Waals surface area contributed by atoms with E-state index in [1.165, 1.54) is 180 Å². The van der Waals surface area contributed by atoms with Crippen LogP contribution in [0.3, 0.4) is 0 Å². The van der Waals surface area contributed by atoms with Crippen LogP contribution >= 0.6 is 0 Å². The van der Waals surface area contributed by atoms with Crippen LogP contribution in [0.5, 0.6) is 0 Å². The zero-order valence-corrected chi connectivity index (χ0v) is 45.1. The molecule has 1 unspecified atom stereocenters. The Hall–Kier alpha value is -2.89. The first-order valence-electron chi connectivity index (χ1n) is 29.3. The number of unbranched alkanes of at least 4 members (excludes halogenated alkanes) is 33. The van der Waals surface area contributed by atoms with Crippen LogP contribution in [0.2, 0.25) is 0 Å². The van der Waals surface area contributed by atoms with Gasteiger partial charge in [-0.2, -0.15) is 0 Å². The lowest BCUT2D eigenvalue weighted by atomic mass is 10.1. The van der Waals surface area contributed by atoms with E-state index < -0.39 is 6.10 Å². The van der Waals surface area contributed by atoms with Crippen LogP contribution in [0.1, 0.15) is 297 Å². The normalized spacial score (nSPS) is 12.5. The molecule has 0 spiro atoms. The predicted octanol–water partition coefficient (Wildman–Crippen LogP) is 19.6. The van der Waals surface area contributed by atoms with Gasteiger partial charge >= 0.3 is 17.9 Å². The molecular weight excluding hydrogens is 841 g/mol. The molecule has 0 aliphatic rings. The van der Waals surface area contributed by atoms with Crippen LogP contribution in [0.15, 0.2) is 60.8 Å². The lowest BCUT2D eigenvalue weighted by Crippen LogP contribution is -2.30. The Kier molecular flexibility index (Phi) is 54.3. The SMILES string of the molecule is CCCCCCCC/C=C/C/C=C/CCC(=O)OCC(COC(=O)CCCCCCCCC/C=C/CCCCCCCCCC)OC(=O)CCCCCCC/C=C/C=C/CCCCCCCCC. The molecule has 0 aromatic carbocycles. The number of rotatable bonds is 53. The third kappa shape index (κ3) is 54.1. The topological polar surface area (TPSA) is 78.9 Å². The first-order chi connectivity index (χ1) is 33.5. The number of hydrogen-bond donors (Lipinski definition) is 0. The summed E-state index contributed by atoms with van der Waals surface area (Å²) in [4.78, 5) is 38.1. The molecule has 0 aliphatic heterocycles. The summed E-state index contributed by atoms with van der Waals surface area (Å²) < 4.78 is 16.8. The fourth-order valence-corrected chi connectivity index (χ4v) is 8.31. The minimum atomic E-state index is -0.806. The van der Waals surface area contributed by atoms with Gasteiger partial charge in [0.1, 0.15) is 13.2 Å². The molecule has 0 aromatic heterocycles. The molecule has 394 valence electrons. The van der Waals surface area contributed by atoms with Gasteiger partial charge in [-0.3, -0.25) is 14.4 Å². The van der Waals surface area contributed by atoms with Crippen molar-refractivity contribution in [2.45, 2.75) is 303 Å². The lowest BCUT2D eigenvalue weighted by molar-refractivity contribution is -0.166. The minimum Gasteiger partial charge on any atom is -0.462 e. The smallest absolute Gasteiger partial charge is 0.306 e. The van der Waals surface area contributed by atoms with Gasteiger partial charge in [-0.05, 0) is 89.9 Å². The zero-order valence-electron chi connectivity index (χ0n) is 45.1. The molecule has 0 amide bonds. The summed E-state index contributed by atoms with van der Waals surface area (Å²) in [5, 5.41) is 0.